The minimum absolute atomic E-state index is 0.0971. The third-order valence-electron chi connectivity index (χ3n) is 4.77. The third-order valence-corrected chi connectivity index (χ3v) is 5.75. The summed E-state index contributed by atoms with van der Waals surface area (Å²) in [5.74, 6) is 0.295. The van der Waals surface area contributed by atoms with Gasteiger partial charge >= 0.3 is 0 Å². The molecule has 0 spiro atoms. The maximum Gasteiger partial charge on any atom is 0.257 e. The van der Waals surface area contributed by atoms with Crippen molar-refractivity contribution in [3.8, 4) is 5.75 Å². The fourth-order valence-corrected chi connectivity index (χ4v) is 3.66. The summed E-state index contributed by atoms with van der Waals surface area (Å²) in [5, 5.41) is 4.50. The molecule has 0 unspecified atom stereocenters. The molecule has 144 valence electrons. The maximum absolute atomic E-state index is 12.3. The van der Waals surface area contributed by atoms with Gasteiger partial charge in [0, 0.05) is 36.3 Å². The smallest absolute Gasteiger partial charge is 0.257 e. The van der Waals surface area contributed by atoms with Gasteiger partial charge in [-0.2, -0.15) is 0 Å². The summed E-state index contributed by atoms with van der Waals surface area (Å²) in [7, 11) is 0. The van der Waals surface area contributed by atoms with Crippen molar-refractivity contribution in [2.75, 3.05) is 26.4 Å². The number of hydrogen-bond donors (Lipinski definition) is 1. The molecular weight excluding hydrogens is 409 g/mol. The van der Waals surface area contributed by atoms with Crippen LogP contribution in [-0.2, 0) is 14.9 Å². The Kier molecular flexibility index (Phi) is 6.88. The minimum atomic E-state index is -0.200. The Balaban J connectivity index is 1.61. The Morgan fingerprint density at radius 3 is 2.56 bits per heavy atom. The van der Waals surface area contributed by atoms with Gasteiger partial charge in [-0.05, 0) is 42.7 Å². The number of hydrogen-bond acceptors (Lipinski definition) is 3. The Bertz CT molecular complexity index is 807. The van der Waals surface area contributed by atoms with Crippen molar-refractivity contribution in [3.05, 3.63) is 63.1 Å². The largest absolute Gasteiger partial charge is 0.484 e. The second-order valence-corrected chi connectivity index (χ2v) is 7.80. The molecule has 2 aromatic carbocycles. The van der Waals surface area contributed by atoms with Crippen LogP contribution in [0.1, 0.15) is 18.4 Å². The molecule has 0 radical (unpaired) electrons. The minimum Gasteiger partial charge on any atom is -0.484 e. The predicted molar refractivity (Wildman–Crippen MR) is 108 cm³/mol. The zero-order valence-electron chi connectivity index (χ0n) is 14.6. The van der Waals surface area contributed by atoms with Crippen molar-refractivity contribution in [1.29, 1.82) is 0 Å². The summed E-state index contributed by atoms with van der Waals surface area (Å²) in [5.41, 5.74) is 0.923. The van der Waals surface area contributed by atoms with E-state index in [1.165, 1.54) is 0 Å². The lowest BCUT2D eigenvalue weighted by Crippen LogP contribution is -2.45. The summed E-state index contributed by atoms with van der Waals surface area (Å²) in [6, 6.07) is 12.7. The van der Waals surface area contributed by atoms with Crippen molar-refractivity contribution >= 4 is 40.7 Å². The first-order valence-corrected chi connectivity index (χ1v) is 9.80. The van der Waals surface area contributed by atoms with E-state index in [2.05, 4.69) is 11.4 Å². The summed E-state index contributed by atoms with van der Waals surface area (Å²) in [6.07, 6.45) is 1.64. The van der Waals surface area contributed by atoms with E-state index in [-0.39, 0.29) is 17.9 Å². The molecule has 1 heterocycles. The topological polar surface area (TPSA) is 47.6 Å². The molecule has 1 fully saturated rings. The summed E-state index contributed by atoms with van der Waals surface area (Å²) in [6.45, 7) is 1.71. The van der Waals surface area contributed by atoms with Gasteiger partial charge in [-0.25, -0.2) is 0 Å². The quantitative estimate of drug-likeness (QED) is 0.712. The van der Waals surface area contributed by atoms with Crippen molar-refractivity contribution in [1.82, 2.24) is 5.32 Å². The molecule has 4 nitrogen and oxygen atoms in total. The van der Waals surface area contributed by atoms with Crippen LogP contribution in [0.3, 0.4) is 0 Å². The molecular formula is C20H20Cl3NO3. The van der Waals surface area contributed by atoms with E-state index in [1.807, 2.05) is 18.2 Å². The third kappa shape index (κ3) is 5.29. The van der Waals surface area contributed by atoms with Crippen LogP contribution in [-0.4, -0.2) is 32.3 Å². The molecule has 2 aromatic rings. The van der Waals surface area contributed by atoms with E-state index in [9.17, 15) is 4.79 Å². The van der Waals surface area contributed by atoms with Gasteiger partial charge in [0.15, 0.2) is 6.61 Å². The number of carbonyl (C=O) groups is 1. The summed E-state index contributed by atoms with van der Waals surface area (Å²) in [4.78, 5) is 12.3. The lowest BCUT2D eigenvalue weighted by atomic mass is 9.74. The van der Waals surface area contributed by atoms with Crippen molar-refractivity contribution in [3.63, 3.8) is 0 Å². The van der Waals surface area contributed by atoms with Gasteiger partial charge in [0.2, 0.25) is 0 Å². The van der Waals surface area contributed by atoms with E-state index in [0.717, 1.165) is 18.4 Å². The first-order valence-electron chi connectivity index (χ1n) is 8.67. The molecule has 1 saturated heterocycles. The van der Waals surface area contributed by atoms with Crippen molar-refractivity contribution < 1.29 is 14.3 Å². The number of ether oxygens (including phenoxy) is 2. The number of nitrogens with one attached hydrogen (secondary N) is 1. The normalized spacial score (nSPS) is 16.0. The average Bonchev–Trinajstić information content (AvgIpc) is 2.68. The van der Waals surface area contributed by atoms with Crippen LogP contribution < -0.4 is 10.1 Å². The SMILES string of the molecule is O=C(COc1ccc(Cl)c(Cl)c1)NCC1(c2cccc(Cl)c2)CCOCC1. The molecule has 1 aliphatic heterocycles. The van der Waals surface area contributed by atoms with Gasteiger partial charge in [-0.3, -0.25) is 4.79 Å². The van der Waals surface area contributed by atoms with Crippen molar-refractivity contribution in [2.45, 2.75) is 18.3 Å². The summed E-state index contributed by atoms with van der Waals surface area (Å²) < 4.78 is 11.0. The molecule has 27 heavy (non-hydrogen) atoms. The molecule has 1 N–H and O–H groups in total. The average molecular weight is 429 g/mol. The van der Waals surface area contributed by atoms with Crippen LogP contribution in [0.25, 0.3) is 0 Å². The fourth-order valence-electron chi connectivity index (χ4n) is 3.18. The highest BCUT2D eigenvalue weighted by molar-refractivity contribution is 6.42. The Morgan fingerprint density at radius 2 is 1.85 bits per heavy atom. The van der Waals surface area contributed by atoms with E-state index in [0.29, 0.717) is 40.6 Å². The zero-order chi connectivity index (χ0) is 19.3. The Labute approximate surface area is 173 Å². The molecule has 7 heteroatoms. The van der Waals surface area contributed by atoms with Gasteiger partial charge < -0.3 is 14.8 Å². The number of carbonyl (C=O) groups excluding carboxylic acids is 1. The van der Waals surface area contributed by atoms with Crippen LogP contribution in [0.15, 0.2) is 42.5 Å². The molecule has 3 rings (SSSR count). The molecule has 0 atom stereocenters. The zero-order valence-corrected chi connectivity index (χ0v) is 16.9. The van der Waals surface area contributed by atoms with Crippen LogP contribution in [0.4, 0.5) is 0 Å². The van der Waals surface area contributed by atoms with Gasteiger partial charge in [0.05, 0.1) is 10.0 Å². The monoisotopic (exact) mass is 427 g/mol. The number of benzene rings is 2. The van der Waals surface area contributed by atoms with E-state index < -0.39 is 0 Å². The highest BCUT2D eigenvalue weighted by Crippen LogP contribution is 2.35. The highest BCUT2D eigenvalue weighted by Gasteiger charge is 2.35. The van der Waals surface area contributed by atoms with Gasteiger partial charge in [-0.15, -0.1) is 0 Å². The van der Waals surface area contributed by atoms with E-state index in [1.54, 1.807) is 18.2 Å². The summed E-state index contributed by atoms with van der Waals surface area (Å²) >= 11 is 18.0. The molecule has 0 aromatic heterocycles. The Morgan fingerprint density at radius 1 is 1.07 bits per heavy atom. The highest BCUT2D eigenvalue weighted by atomic mass is 35.5. The van der Waals surface area contributed by atoms with Crippen LogP contribution in [0.2, 0.25) is 15.1 Å². The molecule has 0 aliphatic carbocycles. The fraction of sp³-hybridized carbons (Fsp3) is 0.350. The number of amides is 1. The lowest BCUT2D eigenvalue weighted by molar-refractivity contribution is -0.123. The molecule has 1 aliphatic rings. The van der Waals surface area contributed by atoms with E-state index >= 15 is 0 Å². The number of halogens is 3. The first kappa shape index (κ1) is 20.3. The lowest BCUT2D eigenvalue weighted by Gasteiger charge is -2.38. The second-order valence-electron chi connectivity index (χ2n) is 6.54. The molecule has 1 amide bonds. The van der Waals surface area contributed by atoms with Crippen LogP contribution in [0, 0.1) is 0 Å². The second kappa shape index (κ2) is 9.16. The standard InChI is InChI=1S/C20H20Cl3NO3/c21-15-3-1-2-14(10-15)20(6-8-26-9-7-20)13-24-19(25)12-27-16-4-5-17(22)18(23)11-16/h1-5,10-11H,6-9,12-13H2,(H,24,25). The van der Waals surface area contributed by atoms with Crippen LogP contribution >= 0.6 is 34.8 Å². The van der Waals surface area contributed by atoms with Crippen molar-refractivity contribution in [2.24, 2.45) is 0 Å². The first-order chi connectivity index (χ1) is 13.0. The van der Waals surface area contributed by atoms with Gasteiger partial charge in [0.25, 0.3) is 5.91 Å². The van der Waals surface area contributed by atoms with Gasteiger partial charge in [0.1, 0.15) is 5.75 Å². The molecule has 0 bridgehead atoms. The maximum atomic E-state index is 12.3. The number of rotatable bonds is 6. The van der Waals surface area contributed by atoms with E-state index in [4.69, 9.17) is 44.3 Å². The molecule has 0 saturated carbocycles. The van der Waals surface area contributed by atoms with Crippen LogP contribution in [0.5, 0.6) is 5.75 Å². The predicted octanol–water partition coefficient (Wildman–Crippen LogP) is 4.89. The Hall–Kier alpha value is -1.46. The van der Waals surface area contributed by atoms with Gasteiger partial charge in [-0.1, -0.05) is 46.9 Å².